The topological polar surface area (TPSA) is 59.8 Å². The monoisotopic (exact) mass is 244 g/mol. The summed E-state index contributed by atoms with van der Waals surface area (Å²) in [5.74, 6) is -0.0162. The molecular weight excluding hydrogens is 228 g/mol. The number of carbonyl (C=O) groups excluding carboxylic acids is 1. The first kappa shape index (κ1) is 12.3. The van der Waals surface area contributed by atoms with Crippen LogP contribution in [0.1, 0.15) is 17.5 Å². The zero-order chi connectivity index (χ0) is 13.0. The first-order valence-electron chi connectivity index (χ1n) is 5.84. The number of carbonyl (C=O) groups is 1. The second-order valence-corrected chi connectivity index (χ2v) is 4.28. The number of amides is 1. The van der Waals surface area contributed by atoms with Crippen LogP contribution in [0, 0.1) is 13.8 Å². The molecule has 1 aromatic carbocycles. The number of nitrogens with zero attached hydrogens (tertiary/aromatic N) is 3. The van der Waals surface area contributed by atoms with Crippen molar-refractivity contribution in [3.8, 4) is 0 Å². The lowest BCUT2D eigenvalue weighted by molar-refractivity contribution is -0.116. The van der Waals surface area contributed by atoms with E-state index in [9.17, 15) is 4.79 Å². The van der Waals surface area contributed by atoms with Crippen LogP contribution < -0.4 is 5.32 Å². The zero-order valence-corrected chi connectivity index (χ0v) is 10.6. The highest BCUT2D eigenvalue weighted by molar-refractivity contribution is 5.91. The van der Waals surface area contributed by atoms with Crippen LogP contribution in [0.25, 0.3) is 0 Å². The van der Waals surface area contributed by atoms with E-state index in [1.165, 1.54) is 11.9 Å². The van der Waals surface area contributed by atoms with E-state index in [-0.39, 0.29) is 5.91 Å². The molecule has 0 saturated heterocycles. The Kier molecular flexibility index (Phi) is 3.72. The lowest BCUT2D eigenvalue weighted by Crippen LogP contribution is -2.15. The van der Waals surface area contributed by atoms with Crippen LogP contribution in [-0.4, -0.2) is 20.7 Å². The van der Waals surface area contributed by atoms with Crippen LogP contribution in [0.5, 0.6) is 0 Å². The van der Waals surface area contributed by atoms with Crippen molar-refractivity contribution in [2.45, 2.75) is 26.8 Å². The highest BCUT2D eigenvalue weighted by Gasteiger charge is 2.05. The summed E-state index contributed by atoms with van der Waals surface area (Å²) in [6.45, 7) is 4.56. The van der Waals surface area contributed by atoms with Gasteiger partial charge >= 0.3 is 0 Å². The second-order valence-electron chi connectivity index (χ2n) is 4.28. The van der Waals surface area contributed by atoms with Gasteiger partial charge in [0.1, 0.15) is 12.7 Å². The average molecular weight is 244 g/mol. The first-order valence-corrected chi connectivity index (χ1v) is 5.84. The van der Waals surface area contributed by atoms with Crippen LogP contribution in [0.2, 0.25) is 0 Å². The molecule has 2 rings (SSSR count). The van der Waals surface area contributed by atoms with E-state index in [1.807, 2.05) is 32.0 Å². The van der Waals surface area contributed by atoms with Crippen LogP contribution in [0.3, 0.4) is 0 Å². The third-order valence-corrected chi connectivity index (χ3v) is 2.69. The molecule has 1 heterocycles. The molecule has 1 aromatic heterocycles. The SMILES string of the molecule is Cc1ccc(NC(=O)CCn2cncn2)c(C)c1. The summed E-state index contributed by atoms with van der Waals surface area (Å²) in [6, 6.07) is 5.96. The summed E-state index contributed by atoms with van der Waals surface area (Å²) in [7, 11) is 0. The van der Waals surface area contributed by atoms with Crippen molar-refractivity contribution < 1.29 is 4.79 Å². The Morgan fingerprint density at radius 1 is 1.39 bits per heavy atom. The van der Waals surface area contributed by atoms with Crippen LogP contribution >= 0.6 is 0 Å². The molecule has 0 radical (unpaired) electrons. The number of anilines is 1. The average Bonchev–Trinajstić information content (AvgIpc) is 2.83. The van der Waals surface area contributed by atoms with Gasteiger partial charge in [-0.2, -0.15) is 5.10 Å². The normalized spacial score (nSPS) is 10.3. The quantitative estimate of drug-likeness (QED) is 0.893. The van der Waals surface area contributed by atoms with E-state index in [4.69, 9.17) is 0 Å². The van der Waals surface area contributed by atoms with Crippen molar-refractivity contribution in [2.24, 2.45) is 0 Å². The van der Waals surface area contributed by atoms with Crippen LogP contribution in [0.4, 0.5) is 5.69 Å². The number of hydrogen-bond donors (Lipinski definition) is 1. The summed E-state index contributed by atoms with van der Waals surface area (Å²) in [5, 5.41) is 6.85. The molecular formula is C13H16N4O. The minimum Gasteiger partial charge on any atom is -0.326 e. The highest BCUT2D eigenvalue weighted by atomic mass is 16.1. The van der Waals surface area contributed by atoms with Crippen molar-refractivity contribution >= 4 is 11.6 Å². The largest absolute Gasteiger partial charge is 0.326 e. The van der Waals surface area contributed by atoms with E-state index in [0.717, 1.165) is 11.3 Å². The van der Waals surface area contributed by atoms with Gasteiger partial charge in [-0.15, -0.1) is 0 Å². The molecule has 1 N–H and O–H groups in total. The predicted molar refractivity (Wildman–Crippen MR) is 69.2 cm³/mol. The molecule has 0 atom stereocenters. The van der Waals surface area contributed by atoms with Gasteiger partial charge in [-0.3, -0.25) is 9.48 Å². The molecule has 0 bridgehead atoms. The lowest BCUT2D eigenvalue weighted by Gasteiger charge is -2.09. The van der Waals surface area contributed by atoms with E-state index in [1.54, 1.807) is 11.0 Å². The predicted octanol–water partition coefficient (Wildman–Crippen LogP) is 1.92. The maximum Gasteiger partial charge on any atom is 0.226 e. The molecule has 18 heavy (non-hydrogen) atoms. The Labute approximate surface area is 106 Å². The Morgan fingerprint density at radius 2 is 2.22 bits per heavy atom. The highest BCUT2D eigenvalue weighted by Crippen LogP contribution is 2.16. The first-order chi connectivity index (χ1) is 8.65. The van der Waals surface area contributed by atoms with Gasteiger partial charge in [0.05, 0.1) is 6.54 Å². The molecule has 2 aromatic rings. The summed E-state index contributed by atoms with van der Waals surface area (Å²) in [5.41, 5.74) is 3.13. The summed E-state index contributed by atoms with van der Waals surface area (Å²) >= 11 is 0. The lowest BCUT2D eigenvalue weighted by atomic mass is 10.1. The van der Waals surface area contributed by atoms with Gasteiger partial charge in [0.2, 0.25) is 5.91 Å². The van der Waals surface area contributed by atoms with Gasteiger partial charge in [-0.05, 0) is 25.5 Å². The fourth-order valence-corrected chi connectivity index (χ4v) is 1.73. The third kappa shape index (κ3) is 3.16. The third-order valence-electron chi connectivity index (χ3n) is 2.69. The molecule has 1 amide bonds. The van der Waals surface area contributed by atoms with Gasteiger partial charge in [0, 0.05) is 12.1 Å². The minimum absolute atomic E-state index is 0.0162. The van der Waals surface area contributed by atoms with Gasteiger partial charge < -0.3 is 5.32 Å². The molecule has 0 aliphatic carbocycles. The van der Waals surface area contributed by atoms with Crippen molar-refractivity contribution in [3.63, 3.8) is 0 Å². The fourth-order valence-electron chi connectivity index (χ4n) is 1.73. The van der Waals surface area contributed by atoms with Gasteiger partial charge in [0.25, 0.3) is 0 Å². The summed E-state index contributed by atoms with van der Waals surface area (Å²) in [6.07, 6.45) is 3.45. The Morgan fingerprint density at radius 3 is 2.89 bits per heavy atom. The molecule has 0 unspecified atom stereocenters. The second kappa shape index (κ2) is 5.44. The van der Waals surface area contributed by atoms with Gasteiger partial charge in [0.15, 0.2) is 0 Å². The smallest absolute Gasteiger partial charge is 0.226 e. The molecule has 5 nitrogen and oxygen atoms in total. The Balaban J connectivity index is 1.91. The van der Waals surface area contributed by atoms with Crippen LogP contribution in [0.15, 0.2) is 30.9 Å². The van der Waals surface area contributed by atoms with E-state index < -0.39 is 0 Å². The fraction of sp³-hybridized carbons (Fsp3) is 0.308. The van der Waals surface area contributed by atoms with E-state index in [2.05, 4.69) is 15.4 Å². The standard InChI is InChI=1S/C13H16N4O/c1-10-3-4-12(11(2)7-10)16-13(18)5-6-17-9-14-8-15-17/h3-4,7-9H,5-6H2,1-2H3,(H,16,18). The van der Waals surface area contributed by atoms with Gasteiger partial charge in [-0.25, -0.2) is 4.98 Å². The van der Waals surface area contributed by atoms with Crippen molar-refractivity contribution in [2.75, 3.05) is 5.32 Å². The number of hydrogen-bond acceptors (Lipinski definition) is 3. The van der Waals surface area contributed by atoms with Crippen molar-refractivity contribution in [1.82, 2.24) is 14.8 Å². The van der Waals surface area contributed by atoms with Crippen molar-refractivity contribution in [3.05, 3.63) is 42.0 Å². The number of nitrogens with one attached hydrogen (secondary N) is 1. The van der Waals surface area contributed by atoms with E-state index >= 15 is 0 Å². The molecule has 0 saturated carbocycles. The number of aromatic nitrogens is 3. The molecule has 0 spiro atoms. The molecule has 5 heteroatoms. The Hall–Kier alpha value is -2.17. The molecule has 0 fully saturated rings. The minimum atomic E-state index is -0.0162. The summed E-state index contributed by atoms with van der Waals surface area (Å²) < 4.78 is 1.64. The maximum atomic E-state index is 11.8. The molecule has 0 aliphatic rings. The number of rotatable bonds is 4. The summed E-state index contributed by atoms with van der Waals surface area (Å²) in [4.78, 5) is 15.6. The van der Waals surface area contributed by atoms with Crippen molar-refractivity contribution in [1.29, 1.82) is 0 Å². The molecule has 94 valence electrons. The Bertz CT molecular complexity index is 534. The zero-order valence-electron chi connectivity index (χ0n) is 10.6. The van der Waals surface area contributed by atoms with Gasteiger partial charge in [-0.1, -0.05) is 17.7 Å². The number of aryl methyl sites for hydroxylation is 3. The van der Waals surface area contributed by atoms with Crippen LogP contribution in [-0.2, 0) is 11.3 Å². The number of benzene rings is 1. The molecule has 0 aliphatic heterocycles. The maximum absolute atomic E-state index is 11.8. The van der Waals surface area contributed by atoms with E-state index in [0.29, 0.717) is 13.0 Å².